The van der Waals surface area contributed by atoms with Crippen LogP contribution in [0.1, 0.15) is 31.1 Å². The first kappa shape index (κ1) is 23.2. The molecule has 162 valence electrons. The van der Waals surface area contributed by atoms with E-state index in [0.29, 0.717) is 36.8 Å². The Labute approximate surface area is 177 Å². The lowest BCUT2D eigenvalue weighted by Gasteiger charge is -2.17. The second-order valence-corrected chi connectivity index (χ2v) is 6.48. The maximum absolute atomic E-state index is 12.1. The van der Waals surface area contributed by atoms with Crippen LogP contribution in [0.3, 0.4) is 0 Å². The van der Waals surface area contributed by atoms with Crippen molar-refractivity contribution in [3.05, 3.63) is 54.1 Å². The van der Waals surface area contributed by atoms with Crippen LogP contribution < -0.4 is 14.8 Å². The Morgan fingerprint density at radius 2 is 1.47 bits per heavy atom. The highest BCUT2D eigenvalue weighted by Gasteiger charge is 2.09. The van der Waals surface area contributed by atoms with Gasteiger partial charge in [0.2, 0.25) is 0 Å². The minimum absolute atomic E-state index is 0.122. The fraction of sp³-hybridized carbons (Fsp3) is 0.391. The summed E-state index contributed by atoms with van der Waals surface area (Å²) in [5, 5.41) is 2.74. The van der Waals surface area contributed by atoms with E-state index in [4.69, 9.17) is 14.2 Å². The summed E-state index contributed by atoms with van der Waals surface area (Å²) in [5.41, 5.74) is 1.02. The molecule has 0 aliphatic rings. The molecule has 0 aliphatic carbocycles. The highest BCUT2D eigenvalue weighted by molar-refractivity contribution is 5.93. The molecule has 30 heavy (non-hydrogen) atoms. The first-order valence-corrected chi connectivity index (χ1v) is 10.2. The molecule has 0 unspecified atom stereocenters. The minimum Gasteiger partial charge on any atom is -0.494 e. The highest BCUT2D eigenvalue weighted by Crippen LogP contribution is 2.17. The van der Waals surface area contributed by atoms with Crippen molar-refractivity contribution in [3.8, 4) is 11.5 Å². The topological polar surface area (TPSA) is 77.1 Å². The van der Waals surface area contributed by atoms with Crippen LogP contribution in [0.4, 0.5) is 5.69 Å². The number of esters is 1. The van der Waals surface area contributed by atoms with E-state index in [-0.39, 0.29) is 18.5 Å². The number of ether oxygens (including phenoxy) is 3. The predicted molar refractivity (Wildman–Crippen MR) is 116 cm³/mol. The van der Waals surface area contributed by atoms with Gasteiger partial charge in [-0.15, -0.1) is 0 Å². The summed E-state index contributed by atoms with van der Waals surface area (Å²) >= 11 is 0. The smallest absolute Gasteiger partial charge is 0.338 e. The van der Waals surface area contributed by atoms with Gasteiger partial charge in [0.1, 0.15) is 18.1 Å². The standard InChI is InChI=1S/C23H30N2O5/c1-4-25(5-2)15-16-29-23(27)18-7-9-19(10-8-18)24-22(26)17-30-21-13-11-20(12-14-21)28-6-3/h7-14H,4-6,15-17H2,1-3H3,(H,24,26). The van der Waals surface area contributed by atoms with Gasteiger partial charge in [-0.1, -0.05) is 13.8 Å². The maximum atomic E-state index is 12.1. The van der Waals surface area contributed by atoms with E-state index in [1.165, 1.54) is 0 Å². The van der Waals surface area contributed by atoms with Gasteiger partial charge in [-0.25, -0.2) is 4.79 Å². The van der Waals surface area contributed by atoms with Crippen molar-refractivity contribution in [3.63, 3.8) is 0 Å². The molecule has 0 heterocycles. The molecule has 7 heteroatoms. The van der Waals surface area contributed by atoms with Crippen LogP contribution in [0.5, 0.6) is 11.5 Å². The normalized spacial score (nSPS) is 10.5. The predicted octanol–water partition coefficient (Wildman–Crippen LogP) is 3.60. The zero-order chi connectivity index (χ0) is 21.8. The number of carbonyl (C=O) groups is 2. The summed E-state index contributed by atoms with van der Waals surface area (Å²) in [5.74, 6) is 0.662. The molecule has 0 aliphatic heterocycles. The number of nitrogens with zero attached hydrogens (tertiary/aromatic N) is 1. The first-order chi connectivity index (χ1) is 14.5. The van der Waals surface area contributed by atoms with Gasteiger partial charge in [0.05, 0.1) is 12.2 Å². The van der Waals surface area contributed by atoms with Crippen molar-refractivity contribution in [1.29, 1.82) is 0 Å². The van der Waals surface area contributed by atoms with Crippen molar-refractivity contribution in [2.24, 2.45) is 0 Å². The molecule has 2 rings (SSSR count). The van der Waals surface area contributed by atoms with E-state index in [0.717, 1.165) is 18.8 Å². The fourth-order valence-corrected chi connectivity index (χ4v) is 2.72. The van der Waals surface area contributed by atoms with E-state index < -0.39 is 0 Å². The van der Waals surface area contributed by atoms with E-state index in [1.54, 1.807) is 48.5 Å². The zero-order valence-electron chi connectivity index (χ0n) is 17.8. The van der Waals surface area contributed by atoms with Gasteiger partial charge in [0.15, 0.2) is 6.61 Å². The molecule has 2 aromatic carbocycles. The van der Waals surface area contributed by atoms with Crippen LogP contribution in [0.25, 0.3) is 0 Å². The number of likely N-dealkylation sites (N-methyl/N-ethyl adjacent to an activating group) is 1. The number of benzene rings is 2. The molecule has 2 aromatic rings. The number of rotatable bonds is 12. The summed E-state index contributed by atoms with van der Waals surface area (Å²) < 4.78 is 16.1. The summed E-state index contributed by atoms with van der Waals surface area (Å²) in [6, 6.07) is 13.7. The number of amides is 1. The largest absolute Gasteiger partial charge is 0.494 e. The molecule has 0 saturated heterocycles. The Kier molecular flexibility index (Phi) is 9.67. The lowest BCUT2D eigenvalue weighted by molar-refractivity contribution is -0.118. The van der Waals surface area contributed by atoms with Gasteiger partial charge in [0, 0.05) is 12.2 Å². The van der Waals surface area contributed by atoms with Gasteiger partial charge in [-0.05, 0) is 68.5 Å². The fourth-order valence-electron chi connectivity index (χ4n) is 2.72. The molecular formula is C23H30N2O5. The summed E-state index contributed by atoms with van der Waals surface area (Å²) in [6.45, 7) is 9.43. The van der Waals surface area contributed by atoms with Crippen molar-refractivity contribution >= 4 is 17.6 Å². The Balaban J connectivity index is 1.76. The summed E-state index contributed by atoms with van der Waals surface area (Å²) in [7, 11) is 0. The van der Waals surface area contributed by atoms with Crippen LogP contribution in [0, 0.1) is 0 Å². The molecule has 1 N–H and O–H groups in total. The highest BCUT2D eigenvalue weighted by atomic mass is 16.5. The van der Waals surface area contributed by atoms with Crippen molar-refractivity contribution < 1.29 is 23.8 Å². The number of anilines is 1. The Bertz CT molecular complexity index is 786. The Morgan fingerprint density at radius 3 is 2.03 bits per heavy atom. The van der Waals surface area contributed by atoms with Crippen LogP contribution >= 0.6 is 0 Å². The quantitative estimate of drug-likeness (QED) is 0.535. The van der Waals surface area contributed by atoms with Gasteiger partial charge >= 0.3 is 5.97 Å². The minimum atomic E-state index is -0.376. The zero-order valence-corrected chi connectivity index (χ0v) is 17.8. The molecule has 0 spiro atoms. The molecule has 0 bridgehead atoms. The third kappa shape index (κ3) is 7.75. The van der Waals surface area contributed by atoms with E-state index in [2.05, 4.69) is 24.1 Å². The third-order valence-electron chi connectivity index (χ3n) is 4.44. The third-order valence-corrected chi connectivity index (χ3v) is 4.44. The average Bonchev–Trinajstić information content (AvgIpc) is 2.77. The van der Waals surface area contributed by atoms with Crippen LogP contribution in [-0.4, -0.2) is 56.2 Å². The monoisotopic (exact) mass is 414 g/mol. The molecule has 0 saturated carbocycles. The second-order valence-electron chi connectivity index (χ2n) is 6.48. The molecule has 0 radical (unpaired) electrons. The summed E-state index contributed by atoms with van der Waals surface area (Å²) in [6.07, 6.45) is 0. The van der Waals surface area contributed by atoms with E-state index >= 15 is 0 Å². The molecule has 0 aromatic heterocycles. The number of hydrogen-bond donors (Lipinski definition) is 1. The van der Waals surface area contributed by atoms with Crippen LogP contribution in [0.2, 0.25) is 0 Å². The van der Waals surface area contributed by atoms with Gasteiger partial charge in [-0.3, -0.25) is 4.79 Å². The van der Waals surface area contributed by atoms with Crippen LogP contribution in [-0.2, 0) is 9.53 Å². The van der Waals surface area contributed by atoms with Crippen LogP contribution in [0.15, 0.2) is 48.5 Å². The second kappa shape index (κ2) is 12.5. The number of nitrogens with one attached hydrogen (secondary N) is 1. The SMILES string of the molecule is CCOc1ccc(OCC(=O)Nc2ccc(C(=O)OCCN(CC)CC)cc2)cc1. The average molecular weight is 415 g/mol. The molecule has 7 nitrogen and oxygen atoms in total. The number of hydrogen-bond acceptors (Lipinski definition) is 6. The van der Waals surface area contributed by atoms with Gasteiger partial charge < -0.3 is 24.4 Å². The number of carbonyl (C=O) groups excluding carboxylic acids is 2. The molecule has 0 fully saturated rings. The Hall–Kier alpha value is -3.06. The lowest BCUT2D eigenvalue weighted by atomic mass is 10.2. The molecular weight excluding hydrogens is 384 g/mol. The maximum Gasteiger partial charge on any atom is 0.338 e. The Morgan fingerprint density at radius 1 is 0.867 bits per heavy atom. The first-order valence-electron chi connectivity index (χ1n) is 10.2. The van der Waals surface area contributed by atoms with Gasteiger partial charge in [-0.2, -0.15) is 0 Å². The molecule has 0 atom stereocenters. The van der Waals surface area contributed by atoms with Crippen molar-refractivity contribution in [2.45, 2.75) is 20.8 Å². The summed E-state index contributed by atoms with van der Waals surface area (Å²) in [4.78, 5) is 26.4. The molecule has 1 amide bonds. The van der Waals surface area contributed by atoms with Gasteiger partial charge in [0.25, 0.3) is 5.91 Å². The van der Waals surface area contributed by atoms with Crippen molar-refractivity contribution in [1.82, 2.24) is 4.90 Å². The van der Waals surface area contributed by atoms with E-state index in [9.17, 15) is 9.59 Å². The lowest BCUT2D eigenvalue weighted by Crippen LogP contribution is -2.27. The van der Waals surface area contributed by atoms with Crippen molar-refractivity contribution in [2.75, 3.05) is 44.8 Å². The van der Waals surface area contributed by atoms with E-state index in [1.807, 2.05) is 6.92 Å².